The number of aromatic nitrogens is 6. The molecule has 1 aliphatic heterocycles. The van der Waals surface area contributed by atoms with Gasteiger partial charge in [-0.15, -0.1) is 10.2 Å². The third kappa shape index (κ3) is 6.24. The van der Waals surface area contributed by atoms with Gasteiger partial charge < -0.3 is 15.3 Å². The average Bonchev–Trinajstić information content (AvgIpc) is 3.63. The number of para-hydroxylation sites is 1. The first kappa shape index (κ1) is 28.6. The van der Waals surface area contributed by atoms with Gasteiger partial charge in [-0.2, -0.15) is 22.8 Å². The Balaban J connectivity index is 1.53. The topological polar surface area (TPSA) is 123 Å². The third-order valence-electron chi connectivity index (χ3n) is 6.48. The van der Waals surface area contributed by atoms with Gasteiger partial charge in [-0.05, 0) is 42.8 Å². The van der Waals surface area contributed by atoms with Crippen molar-refractivity contribution >= 4 is 35.6 Å². The molecule has 2 N–H and O–H groups in total. The first-order chi connectivity index (χ1) is 19.5. The molecule has 2 aromatic carbocycles. The van der Waals surface area contributed by atoms with Crippen LogP contribution in [0.1, 0.15) is 12.2 Å². The Labute approximate surface area is 240 Å². The summed E-state index contributed by atoms with van der Waals surface area (Å²) >= 11 is 12.4. The highest BCUT2D eigenvalue weighted by Gasteiger charge is 2.39. The van der Waals surface area contributed by atoms with Crippen molar-refractivity contribution in [1.29, 1.82) is 0 Å². The Bertz CT molecular complexity index is 1600. The zero-order valence-corrected chi connectivity index (χ0v) is 22.7. The van der Waals surface area contributed by atoms with Crippen LogP contribution < -0.4 is 11.0 Å². The van der Waals surface area contributed by atoms with Crippen LogP contribution in [0.3, 0.4) is 0 Å². The average molecular weight is 611 g/mol. The van der Waals surface area contributed by atoms with Crippen LogP contribution in [0.25, 0.3) is 17.1 Å². The van der Waals surface area contributed by atoms with Crippen molar-refractivity contribution in [3.8, 4) is 17.1 Å². The van der Waals surface area contributed by atoms with E-state index in [9.17, 15) is 27.9 Å². The second-order valence-electron chi connectivity index (χ2n) is 9.38. The van der Waals surface area contributed by atoms with Gasteiger partial charge in [0.2, 0.25) is 12.4 Å². The Morgan fingerprint density at radius 3 is 2.51 bits per heavy atom. The van der Waals surface area contributed by atoms with E-state index in [1.807, 2.05) is 0 Å². The van der Waals surface area contributed by atoms with E-state index in [0.29, 0.717) is 46.8 Å². The highest BCUT2D eigenvalue weighted by molar-refractivity contribution is 6.32. The lowest BCUT2D eigenvalue weighted by atomic mass is 10.2. The molecule has 0 bridgehead atoms. The summed E-state index contributed by atoms with van der Waals surface area (Å²) in [5.74, 6) is 0.311. The van der Waals surface area contributed by atoms with Gasteiger partial charge in [-0.3, -0.25) is 9.36 Å². The van der Waals surface area contributed by atoms with Crippen LogP contribution in [0.5, 0.6) is 0 Å². The molecule has 0 radical (unpaired) electrons. The van der Waals surface area contributed by atoms with Crippen molar-refractivity contribution in [3.05, 3.63) is 74.9 Å². The monoisotopic (exact) mass is 610 g/mol. The molecule has 216 valence electrons. The van der Waals surface area contributed by atoms with Gasteiger partial charge in [0.25, 0.3) is 0 Å². The minimum absolute atomic E-state index is 0.0984. The number of carbonyl (C=O) groups excluding carboxylic acids is 1. The third-order valence-corrected chi connectivity index (χ3v) is 7.05. The van der Waals surface area contributed by atoms with Gasteiger partial charge >= 0.3 is 11.9 Å². The van der Waals surface area contributed by atoms with E-state index >= 15 is 0 Å². The number of hydrogen-bond acceptors (Lipinski definition) is 7. The molecule has 41 heavy (non-hydrogen) atoms. The summed E-state index contributed by atoms with van der Waals surface area (Å²) in [6.45, 7) is -0.350. The van der Waals surface area contributed by atoms with E-state index < -0.39 is 24.5 Å². The zero-order chi connectivity index (χ0) is 29.3. The van der Waals surface area contributed by atoms with E-state index in [1.165, 1.54) is 28.9 Å². The molecule has 0 saturated carbocycles. The van der Waals surface area contributed by atoms with Gasteiger partial charge in [-0.25, -0.2) is 9.48 Å². The maximum atomic E-state index is 13.3. The molecule has 1 amide bonds. The SMILES string of the molecule is O=CN1CCC(Nc2nc(Cn3nc(-c4ccc(Cl)cc4)n(C[C@H](O)C(F)(F)F)c3=O)nn2-c2ccccc2Cl)C1. The number of nitrogens with zero attached hydrogens (tertiary/aromatic N) is 7. The number of hydrogen-bond donors (Lipinski definition) is 2. The van der Waals surface area contributed by atoms with Crippen LogP contribution in [0, 0.1) is 0 Å². The number of halogens is 5. The van der Waals surface area contributed by atoms with E-state index in [2.05, 4.69) is 20.5 Å². The summed E-state index contributed by atoms with van der Waals surface area (Å²) in [7, 11) is 0. The van der Waals surface area contributed by atoms with Gasteiger partial charge in [0.05, 0.1) is 17.3 Å². The molecule has 1 unspecified atom stereocenters. The molecule has 1 aliphatic rings. The first-order valence-corrected chi connectivity index (χ1v) is 13.1. The molecule has 0 spiro atoms. The molecule has 0 aliphatic carbocycles. The Morgan fingerprint density at radius 1 is 1.12 bits per heavy atom. The lowest BCUT2D eigenvalue weighted by molar-refractivity contribution is -0.207. The highest BCUT2D eigenvalue weighted by Crippen LogP contribution is 2.26. The van der Waals surface area contributed by atoms with Gasteiger partial charge in [0.15, 0.2) is 17.8 Å². The molecule has 16 heteroatoms. The van der Waals surface area contributed by atoms with E-state index in [-0.39, 0.29) is 24.2 Å². The molecule has 5 rings (SSSR count). The van der Waals surface area contributed by atoms with Crippen molar-refractivity contribution in [2.24, 2.45) is 0 Å². The predicted octanol–water partition coefficient (Wildman–Crippen LogP) is 3.21. The molecule has 11 nitrogen and oxygen atoms in total. The summed E-state index contributed by atoms with van der Waals surface area (Å²) in [4.78, 5) is 30.6. The number of likely N-dealkylation sites (tertiary alicyclic amines) is 1. The summed E-state index contributed by atoms with van der Waals surface area (Å²) in [5, 5.41) is 22.5. The summed E-state index contributed by atoms with van der Waals surface area (Å²) < 4.78 is 42.7. The normalized spacial score (nSPS) is 16.2. The lowest BCUT2D eigenvalue weighted by Gasteiger charge is -2.15. The molecule has 2 aromatic heterocycles. The molecule has 1 saturated heterocycles. The van der Waals surface area contributed by atoms with Crippen LogP contribution in [0.15, 0.2) is 53.3 Å². The number of aliphatic hydroxyl groups is 1. The van der Waals surface area contributed by atoms with Crippen LogP contribution in [-0.4, -0.2) is 76.9 Å². The van der Waals surface area contributed by atoms with E-state index in [0.717, 1.165) is 15.7 Å². The standard InChI is InChI=1S/C25H23Cl2F3N8O3/c26-16-7-5-15(6-8-16)22-34-37(24(41)36(22)12-20(40)25(28,29)30)13-21-32-23(31-17-9-10-35(11-17)14-39)38(33-21)19-4-2-1-3-18(19)27/h1-8,14,17,20,40H,9-13H2,(H,31,32,33)/t17?,20-/m0/s1. The fourth-order valence-corrected chi connectivity index (χ4v) is 4.76. The summed E-state index contributed by atoms with van der Waals surface area (Å²) in [5.41, 5.74) is -0.0922. The smallest absolute Gasteiger partial charge is 0.382 e. The Morgan fingerprint density at radius 2 is 1.85 bits per heavy atom. The van der Waals surface area contributed by atoms with Gasteiger partial charge in [0.1, 0.15) is 6.54 Å². The summed E-state index contributed by atoms with van der Waals surface area (Å²) in [6.07, 6.45) is -6.31. The molecular weight excluding hydrogens is 588 g/mol. The fraction of sp³-hybridized carbons (Fsp3) is 0.320. The maximum absolute atomic E-state index is 13.3. The second kappa shape index (κ2) is 11.5. The summed E-state index contributed by atoms with van der Waals surface area (Å²) in [6, 6.07) is 12.8. The van der Waals surface area contributed by atoms with Crippen LogP contribution in [0.4, 0.5) is 19.1 Å². The molecule has 2 atom stereocenters. The Hall–Kier alpha value is -3.88. The number of rotatable bonds is 9. The fourth-order valence-electron chi connectivity index (χ4n) is 4.42. The van der Waals surface area contributed by atoms with Gasteiger partial charge in [0, 0.05) is 29.7 Å². The van der Waals surface area contributed by atoms with E-state index in [4.69, 9.17) is 23.2 Å². The van der Waals surface area contributed by atoms with E-state index in [1.54, 1.807) is 29.2 Å². The Kier molecular flexibility index (Phi) is 8.07. The van der Waals surface area contributed by atoms with Crippen molar-refractivity contribution in [1.82, 2.24) is 34.0 Å². The number of aliphatic hydroxyl groups excluding tert-OH is 1. The number of carbonyl (C=O) groups is 1. The molecular formula is C25H23Cl2F3N8O3. The minimum Gasteiger partial charge on any atom is -0.382 e. The first-order valence-electron chi connectivity index (χ1n) is 12.4. The highest BCUT2D eigenvalue weighted by atomic mass is 35.5. The number of benzene rings is 2. The zero-order valence-electron chi connectivity index (χ0n) is 21.2. The van der Waals surface area contributed by atoms with Crippen molar-refractivity contribution in [2.75, 3.05) is 18.4 Å². The molecule has 1 fully saturated rings. The van der Waals surface area contributed by atoms with Crippen molar-refractivity contribution < 1.29 is 23.1 Å². The molecule has 4 aromatic rings. The largest absolute Gasteiger partial charge is 0.416 e. The quantitative estimate of drug-likeness (QED) is 0.279. The van der Waals surface area contributed by atoms with Crippen LogP contribution in [-0.2, 0) is 17.9 Å². The lowest BCUT2D eigenvalue weighted by Crippen LogP contribution is -2.37. The minimum atomic E-state index is -4.95. The number of anilines is 1. The van der Waals surface area contributed by atoms with Crippen molar-refractivity contribution in [2.45, 2.75) is 37.8 Å². The van der Waals surface area contributed by atoms with Crippen molar-refractivity contribution in [3.63, 3.8) is 0 Å². The molecule has 3 heterocycles. The number of nitrogens with one attached hydrogen (secondary N) is 1. The van der Waals surface area contributed by atoms with Gasteiger partial charge in [-0.1, -0.05) is 35.3 Å². The number of alkyl halides is 3. The number of amides is 1. The van der Waals surface area contributed by atoms with Crippen LogP contribution in [0.2, 0.25) is 10.0 Å². The maximum Gasteiger partial charge on any atom is 0.416 e. The predicted molar refractivity (Wildman–Crippen MR) is 144 cm³/mol. The second-order valence-corrected chi connectivity index (χ2v) is 10.2. The van der Waals surface area contributed by atoms with Crippen LogP contribution >= 0.6 is 23.2 Å².